The molecule has 19 heavy (non-hydrogen) atoms. The summed E-state index contributed by atoms with van der Waals surface area (Å²) in [6.07, 6.45) is 5.67. The molecule has 1 aliphatic carbocycles. The minimum atomic E-state index is 0.423. The number of hydrogen-bond acceptors (Lipinski definition) is 2. The molecule has 0 aromatic heterocycles. The second-order valence-corrected chi connectivity index (χ2v) is 5.87. The molecule has 1 aliphatic rings. The van der Waals surface area contributed by atoms with Crippen LogP contribution in [-0.2, 0) is 0 Å². The maximum absolute atomic E-state index is 3.52. The Morgan fingerprint density at radius 2 is 1.95 bits per heavy atom. The smallest absolute Gasteiger partial charge is 0.0412 e. The fourth-order valence-corrected chi connectivity index (χ4v) is 3.30. The summed E-state index contributed by atoms with van der Waals surface area (Å²) in [6.45, 7) is 6.64. The third-order valence-corrected chi connectivity index (χ3v) is 4.33. The van der Waals surface area contributed by atoms with Gasteiger partial charge in [-0.3, -0.25) is 0 Å². The van der Waals surface area contributed by atoms with E-state index in [9.17, 15) is 0 Å². The maximum atomic E-state index is 3.52. The van der Waals surface area contributed by atoms with Crippen molar-refractivity contribution in [1.82, 2.24) is 5.32 Å². The summed E-state index contributed by atoms with van der Waals surface area (Å²) >= 11 is 0. The van der Waals surface area contributed by atoms with Crippen LogP contribution in [0.2, 0.25) is 0 Å². The summed E-state index contributed by atoms with van der Waals surface area (Å²) in [6, 6.07) is 9.25. The molecule has 1 fully saturated rings. The van der Waals surface area contributed by atoms with Crippen LogP contribution in [-0.4, -0.2) is 20.1 Å². The van der Waals surface area contributed by atoms with Crippen LogP contribution < -0.4 is 10.2 Å². The largest absolute Gasteiger partial charge is 0.374 e. The van der Waals surface area contributed by atoms with Gasteiger partial charge >= 0.3 is 0 Å². The van der Waals surface area contributed by atoms with Crippen molar-refractivity contribution in [2.45, 2.75) is 45.6 Å². The average molecular weight is 260 g/mol. The van der Waals surface area contributed by atoms with E-state index in [1.54, 1.807) is 0 Å². The lowest BCUT2D eigenvalue weighted by Crippen LogP contribution is -2.27. The van der Waals surface area contributed by atoms with Crippen molar-refractivity contribution in [2.75, 3.05) is 25.0 Å². The third-order valence-electron chi connectivity index (χ3n) is 4.33. The van der Waals surface area contributed by atoms with Crippen LogP contribution in [0.3, 0.4) is 0 Å². The molecule has 2 rings (SSSR count). The van der Waals surface area contributed by atoms with Crippen LogP contribution in [0, 0.1) is 5.92 Å². The minimum Gasteiger partial charge on any atom is -0.374 e. The van der Waals surface area contributed by atoms with E-state index in [0.29, 0.717) is 6.04 Å². The highest BCUT2D eigenvalue weighted by molar-refractivity contribution is 5.54. The molecule has 0 saturated heterocycles. The molecule has 0 spiro atoms. The Balaban J connectivity index is 2.09. The van der Waals surface area contributed by atoms with E-state index in [0.717, 1.165) is 12.5 Å². The number of nitrogens with zero attached hydrogens (tertiary/aromatic N) is 1. The lowest BCUT2D eigenvalue weighted by Gasteiger charge is -2.27. The van der Waals surface area contributed by atoms with Crippen molar-refractivity contribution in [3.05, 3.63) is 29.8 Å². The molecule has 2 nitrogen and oxygen atoms in total. The van der Waals surface area contributed by atoms with E-state index in [4.69, 9.17) is 0 Å². The van der Waals surface area contributed by atoms with Crippen molar-refractivity contribution < 1.29 is 0 Å². The molecule has 0 aliphatic heterocycles. The van der Waals surface area contributed by atoms with Gasteiger partial charge in [0.15, 0.2) is 0 Å². The SMILES string of the molecule is CCNC(C)c1ccccc1N(C)CC1CCCC1. The highest BCUT2D eigenvalue weighted by atomic mass is 15.1. The lowest BCUT2D eigenvalue weighted by molar-refractivity contribution is 0.542. The van der Waals surface area contributed by atoms with Gasteiger partial charge in [-0.15, -0.1) is 0 Å². The van der Waals surface area contributed by atoms with E-state index in [1.807, 2.05) is 0 Å². The third kappa shape index (κ3) is 3.73. The number of benzene rings is 1. The first kappa shape index (κ1) is 14.4. The summed E-state index contributed by atoms with van der Waals surface area (Å²) in [5, 5.41) is 3.52. The zero-order chi connectivity index (χ0) is 13.7. The fraction of sp³-hybridized carbons (Fsp3) is 0.647. The van der Waals surface area contributed by atoms with Crippen molar-refractivity contribution in [3.63, 3.8) is 0 Å². The Labute approximate surface area is 118 Å². The maximum Gasteiger partial charge on any atom is 0.0412 e. The standard InChI is InChI=1S/C17H28N2/c1-4-18-14(2)16-11-7-8-12-17(16)19(3)13-15-9-5-6-10-15/h7-8,11-12,14-15,18H,4-6,9-10,13H2,1-3H3. The number of nitrogens with one attached hydrogen (secondary N) is 1. The zero-order valence-electron chi connectivity index (χ0n) is 12.7. The molecule has 1 unspecified atom stereocenters. The number of hydrogen-bond donors (Lipinski definition) is 1. The topological polar surface area (TPSA) is 15.3 Å². The van der Waals surface area contributed by atoms with E-state index in [1.165, 1.54) is 43.5 Å². The van der Waals surface area contributed by atoms with E-state index in [-0.39, 0.29) is 0 Å². The van der Waals surface area contributed by atoms with Gasteiger partial charge in [-0.2, -0.15) is 0 Å². The normalized spacial score (nSPS) is 17.6. The number of rotatable bonds is 6. The second-order valence-electron chi connectivity index (χ2n) is 5.87. The predicted octanol–water partition coefficient (Wildman–Crippen LogP) is 3.98. The molecule has 2 heteroatoms. The van der Waals surface area contributed by atoms with Gasteiger partial charge in [-0.1, -0.05) is 38.0 Å². The van der Waals surface area contributed by atoms with Crippen LogP contribution >= 0.6 is 0 Å². The van der Waals surface area contributed by atoms with Crippen LogP contribution in [0.1, 0.15) is 51.1 Å². The summed E-state index contributed by atoms with van der Waals surface area (Å²) in [5.41, 5.74) is 2.81. The predicted molar refractivity (Wildman–Crippen MR) is 83.8 cm³/mol. The van der Waals surface area contributed by atoms with E-state index >= 15 is 0 Å². The first-order valence-corrected chi connectivity index (χ1v) is 7.75. The molecular formula is C17H28N2. The first-order valence-electron chi connectivity index (χ1n) is 7.75. The van der Waals surface area contributed by atoms with Crippen LogP contribution in [0.4, 0.5) is 5.69 Å². The molecule has 1 aromatic carbocycles. The molecule has 1 atom stereocenters. The molecule has 0 heterocycles. The summed E-state index contributed by atoms with van der Waals surface area (Å²) < 4.78 is 0. The van der Waals surface area contributed by atoms with Gasteiger partial charge < -0.3 is 10.2 Å². The highest BCUT2D eigenvalue weighted by Gasteiger charge is 2.19. The van der Waals surface area contributed by atoms with Crippen LogP contribution in [0.5, 0.6) is 0 Å². The first-order chi connectivity index (χ1) is 9.22. The summed E-state index contributed by atoms with van der Waals surface area (Å²) in [5.74, 6) is 0.896. The van der Waals surface area contributed by atoms with Gasteiger partial charge in [-0.05, 0) is 43.9 Å². The monoisotopic (exact) mass is 260 g/mol. The van der Waals surface area contributed by atoms with Gasteiger partial charge in [-0.25, -0.2) is 0 Å². The molecule has 106 valence electrons. The molecular weight excluding hydrogens is 232 g/mol. The van der Waals surface area contributed by atoms with Gasteiger partial charge in [0.1, 0.15) is 0 Å². The van der Waals surface area contributed by atoms with Crippen molar-refractivity contribution in [3.8, 4) is 0 Å². The van der Waals surface area contributed by atoms with Crippen molar-refractivity contribution >= 4 is 5.69 Å². The quantitative estimate of drug-likeness (QED) is 0.832. The lowest BCUT2D eigenvalue weighted by atomic mass is 10.0. The van der Waals surface area contributed by atoms with Crippen LogP contribution in [0.25, 0.3) is 0 Å². The summed E-state index contributed by atoms with van der Waals surface area (Å²) in [4.78, 5) is 2.46. The minimum absolute atomic E-state index is 0.423. The van der Waals surface area contributed by atoms with Gasteiger partial charge in [0.2, 0.25) is 0 Å². The highest BCUT2D eigenvalue weighted by Crippen LogP contribution is 2.30. The Morgan fingerprint density at radius 3 is 2.63 bits per heavy atom. The fourth-order valence-electron chi connectivity index (χ4n) is 3.30. The van der Waals surface area contributed by atoms with Crippen molar-refractivity contribution in [1.29, 1.82) is 0 Å². The zero-order valence-corrected chi connectivity index (χ0v) is 12.7. The molecule has 1 N–H and O–H groups in total. The second kappa shape index (κ2) is 6.95. The molecule has 1 saturated carbocycles. The van der Waals surface area contributed by atoms with Crippen molar-refractivity contribution in [2.24, 2.45) is 5.92 Å². The van der Waals surface area contributed by atoms with Gasteiger partial charge in [0.05, 0.1) is 0 Å². The molecule has 0 bridgehead atoms. The molecule has 0 amide bonds. The Bertz CT molecular complexity index is 383. The Kier molecular flexibility index (Phi) is 5.26. The van der Waals surface area contributed by atoms with Gasteiger partial charge in [0.25, 0.3) is 0 Å². The average Bonchev–Trinajstić information content (AvgIpc) is 2.92. The molecule has 0 radical (unpaired) electrons. The summed E-state index contributed by atoms with van der Waals surface area (Å²) in [7, 11) is 2.25. The van der Waals surface area contributed by atoms with Crippen LogP contribution in [0.15, 0.2) is 24.3 Å². The number of anilines is 1. The van der Waals surface area contributed by atoms with Gasteiger partial charge in [0, 0.05) is 25.3 Å². The Morgan fingerprint density at radius 1 is 1.26 bits per heavy atom. The van der Waals surface area contributed by atoms with E-state index in [2.05, 4.69) is 55.4 Å². The van der Waals surface area contributed by atoms with E-state index < -0.39 is 0 Å². The number of para-hydroxylation sites is 1. The Hall–Kier alpha value is -1.02. The molecule has 1 aromatic rings.